The molecule has 7 heteroatoms. The summed E-state index contributed by atoms with van der Waals surface area (Å²) < 4.78 is 45.1. The van der Waals surface area contributed by atoms with Crippen LogP contribution in [0.1, 0.15) is 16.9 Å². The van der Waals surface area contributed by atoms with Crippen molar-refractivity contribution in [3.63, 3.8) is 0 Å². The van der Waals surface area contributed by atoms with Crippen LogP contribution >= 0.6 is 0 Å². The van der Waals surface area contributed by atoms with E-state index in [2.05, 4.69) is 0 Å². The van der Waals surface area contributed by atoms with Gasteiger partial charge in [-0.05, 0) is 36.8 Å². The molecule has 2 rings (SSSR count). The van der Waals surface area contributed by atoms with Crippen molar-refractivity contribution in [2.24, 2.45) is 5.73 Å². The fraction of sp³-hybridized carbons (Fsp3) is 0.286. The molecular weight excluding hydrogens is 295 g/mol. The van der Waals surface area contributed by atoms with E-state index >= 15 is 0 Å². The topological polar surface area (TPSA) is 76.5 Å². The maximum absolute atomic E-state index is 13.8. The van der Waals surface area contributed by atoms with Crippen LogP contribution < -0.4 is 5.73 Å². The molecule has 0 bridgehead atoms. The second-order valence-electron chi connectivity index (χ2n) is 4.76. The molecule has 0 spiro atoms. The van der Waals surface area contributed by atoms with Crippen molar-refractivity contribution in [2.45, 2.75) is 24.9 Å². The van der Waals surface area contributed by atoms with E-state index in [0.717, 1.165) is 4.31 Å². The van der Waals surface area contributed by atoms with Gasteiger partial charge in [0.1, 0.15) is 11.6 Å². The third-order valence-electron chi connectivity index (χ3n) is 3.19. The number of rotatable bonds is 5. The van der Waals surface area contributed by atoms with E-state index in [9.17, 15) is 12.8 Å². The largest absolute Gasteiger partial charge is 0.468 e. The highest BCUT2D eigenvalue weighted by molar-refractivity contribution is 7.89. The fourth-order valence-corrected chi connectivity index (χ4v) is 3.27. The molecule has 1 aromatic carbocycles. The molecule has 2 aromatic rings. The molecule has 1 aromatic heterocycles. The Labute approximate surface area is 123 Å². The Bertz CT molecular complexity index is 727. The van der Waals surface area contributed by atoms with Crippen LogP contribution in [0.3, 0.4) is 0 Å². The van der Waals surface area contributed by atoms with Crippen LogP contribution in [-0.2, 0) is 23.1 Å². The third-order valence-corrected chi connectivity index (χ3v) is 4.97. The molecule has 0 aliphatic carbocycles. The van der Waals surface area contributed by atoms with Crippen LogP contribution in [0.15, 0.2) is 39.8 Å². The van der Waals surface area contributed by atoms with Gasteiger partial charge in [0.25, 0.3) is 0 Å². The number of nitrogens with zero attached hydrogens (tertiary/aromatic N) is 1. The van der Waals surface area contributed by atoms with Gasteiger partial charge in [-0.15, -0.1) is 0 Å². The van der Waals surface area contributed by atoms with E-state index < -0.39 is 15.8 Å². The molecule has 0 radical (unpaired) electrons. The first kappa shape index (κ1) is 15.7. The van der Waals surface area contributed by atoms with Gasteiger partial charge < -0.3 is 10.2 Å². The Hall–Kier alpha value is -1.70. The van der Waals surface area contributed by atoms with Crippen molar-refractivity contribution in [2.75, 3.05) is 7.05 Å². The Morgan fingerprint density at radius 1 is 1.38 bits per heavy atom. The highest BCUT2D eigenvalue weighted by atomic mass is 32.2. The van der Waals surface area contributed by atoms with E-state index in [-0.39, 0.29) is 29.1 Å². The molecule has 114 valence electrons. The zero-order valence-corrected chi connectivity index (χ0v) is 12.7. The molecule has 2 N–H and O–H groups in total. The third kappa shape index (κ3) is 3.15. The Kier molecular flexibility index (Phi) is 4.46. The number of furan rings is 1. The van der Waals surface area contributed by atoms with Crippen LogP contribution in [0.4, 0.5) is 4.39 Å². The average molecular weight is 312 g/mol. The maximum Gasteiger partial charge on any atom is 0.243 e. The first-order chi connectivity index (χ1) is 9.86. The van der Waals surface area contributed by atoms with Crippen LogP contribution in [0.2, 0.25) is 0 Å². The molecule has 0 saturated carbocycles. The summed E-state index contributed by atoms with van der Waals surface area (Å²) in [5, 5.41) is 0. The Morgan fingerprint density at radius 2 is 2.10 bits per heavy atom. The number of aryl methyl sites for hydroxylation is 1. The van der Waals surface area contributed by atoms with Gasteiger partial charge in [0.15, 0.2) is 0 Å². The Balaban J connectivity index is 2.37. The lowest BCUT2D eigenvalue weighted by Crippen LogP contribution is -2.26. The summed E-state index contributed by atoms with van der Waals surface area (Å²) in [7, 11) is -2.29. The van der Waals surface area contributed by atoms with Crippen molar-refractivity contribution in [3.8, 4) is 0 Å². The summed E-state index contributed by atoms with van der Waals surface area (Å²) in [4.78, 5) is 0.0240. The lowest BCUT2D eigenvalue weighted by molar-refractivity contribution is 0.406. The van der Waals surface area contributed by atoms with E-state index in [1.54, 1.807) is 12.1 Å². The highest BCUT2D eigenvalue weighted by Gasteiger charge is 2.23. The molecule has 1 heterocycles. The molecule has 0 aliphatic heterocycles. The van der Waals surface area contributed by atoms with Gasteiger partial charge in [-0.25, -0.2) is 12.8 Å². The molecule has 21 heavy (non-hydrogen) atoms. The summed E-state index contributed by atoms with van der Waals surface area (Å²) in [6, 6.07) is 5.95. The molecule has 0 atom stereocenters. The molecule has 0 amide bonds. The van der Waals surface area contributed by atoms with Gasteiger partial charge in [-0.1, -0.05) is 0 Å². The van der Waals surface area contributed by atoms with Crippen molar-refractivity contribution in [1.82, 2.24) is 4.31 Å². The van der Waals surface area contributed by atoms with Crippen LogP contribution in [-0.4, -0.2) is 19.8 Å². The first-order valence-electron chi connectivity index (χ1n) is 6.34. The van der Waals surface area contributed by atoms with Gasteiger partial charge in [0.05, 0.1) is 17.7 Å². The summed E-state index contributed by atoms with van der Waals surface area (Å²) >= 11 is 0. The smallest absolute Gasteiger partial charge is 0.243 e. The molecule has 0 unspecified atom stereocenters. The summed E-state index contributed by atoms with van der Waals surface area (Å²) in [5.41, 5.74) is 5.89. The van der Waals surface area contributed by atoms with E-state index in [1.807, 2.05) is 0 Å². The monoisotopic (exact) mass is 312 g/mol. The minimum Gasteiger partial charge on any atom is -0.468 e. The maximum atomic E-state index is 13.8. The Morgan fingerprint density at radius 3 is 2.67 bits per heavy atom. The van der Waals surface area contributed by atoms with Gasteiger partial charge in [0, 0.05) is 19.2 Å². The number of sulfonamides is 1. The number of benzene rings is 1. The van der Waals surface area contributed by atoms with Crippen molar-refractivity contribution in [3.05, 3.63) is 53.2 Å². The molecule has 0 fully saturated rings. The minimum atomic E-state index is -3.74. The van der Waals surface area contributed by atoms with Crippen molar-refractivity contribution >= 4 is 10.0 Å². The lowest BCUT2D eigenvalue weighted by Gasteiger charge is -2.17. The minimum absolute atomic E-state index is 0.0240. The van der Waals surface area contributed by atoms with E-state index in [4.69, 9.17) is 10.2 Å². The predicted molar refractivity (Wildman–Crippen MR) is 76.4 cm³/mol. The molecule has 0 saturated heterocycles. The number of nitrogens with two attached hydrogens (primary N) is 1. The van der Waals surface area contributed by atoms with Gasteiger partial charge in [0.2, 0.25) is 10.0 Å². The lowest BCUT2D eigenvalue weighted by atomic mass is 10.1. The first-order valence-corrected chi connectivity index (χ1v) is 7.78. The quantitative estimate of drug-likeness (QED) is 0.916. The van der Waals surface area contributed by atoms with Crippen molar-refractivity contribution < 1.29 is 17.2 Å². The number of hydrogen-bond acceptors (Lipinski definition) is 4. The van der Waals surface area contributed by atoms with Crippen LogP contribution in [0, 0.1) is 12.7 Å². The average Bonchev–Trinajstić information content (AvgIpc) is 2.94. The van der Waals surface area contributed by atoms with Gasteiger partial charge >= 0.3 is 0 Å². The second kappa shape index (κ2) is 5.97. The fourth-order valence-electron chi connectivity index (χ4n) is 1.99. The normalized spacial score (nSPS) is 12.0. The van der Waals surface area contributed by atoms with Crippen LogP contribution in [0.5, 0.6) is 0 Å². The second-order valence-corrected chi connectivity index (χ2v) is 6.80. The van der Waals surface area contributed by atoms with Crippen LogP contribution in [0.25, 0.3) is 0 Å². The predicted octanol–water partition coefficient (Wildman–Crippen LogP) is 2.01. The van der Waals surface area contributed by atoms with E-state index in [0.29, 0.717) is 5.76 Å². The number of hydrogen-bond donors (Lipinski definition) is 1. The summed E-state index contributed by atoms with van der Waals surface area (Å²) in [5.74, 6) is 0.0593. The zero-order chi connectivity index (χ0) is 15.6. The number of halogens is 1. The molecule has 5 nitrogen and oxygen atoms in total. The zero-order valence-electron chi connectivity index (χ0n) is 11.8. The SMILES string of the molecule is Cc1cc(S(=O)(=O)N(C)Cc2ccco2)cc(CN)c1F. The summed E-state index contributed by atoms with van der Waals surface area (Å²) in [6.07, 6.45) is 1.48. The summed E-state index contributed by atoms with van der Waals surface area (Å²) in [6.45, 7) is 1.56. The van der Waals surface area contributed by atoms with E-state index in [1.165, 1.54) is 32.4 Å². The molecular formula is C14H17FN2O3S. The van der Waals surface area contributed by atoms with Gasteiger partial charge in [-0.3, -0.25) is 0 Å². The molecule has 0 aliphatic rings. The standard InChI is InChI=1S/C14H17FN2O3S/c1-10-6-13(7-11(8-16)14(10)15)21(18,19)17(2)9-12-4-3-5-20-12/h3-7H,8-9,16H2,1-2H3. The van der Waals surface area contributed by atoms with Crippen molar-refractivity contribution in [1.29, 1.82) is 0 Å². The van der Waals surface area contributed by atoms with Gasteiger partial charge in [-0.2, -0.15) is 4.31 Å². The highest BCUT2D eigenvalue weighted by Crippen LogP contribution is 2.22.